The summed E-state index contributed by atoms with van der Waals surface area (Å²) in [6, 6.07) is 2.11. The third-order valence-corrected chi connectivity index (χ3v) is 4.26. The average Bonchev–Trinajstić information content (AvgIpc) is 2.53. The minimum atomic E-state index is -4.67. The molecule has 0 amide bonds. The minimum absolute atomic E-state index is 0.190. The van der Waals surface area contributed by atoms with Gasteiger partial charge >= 0.3 is 6.18 Å². The van der Waals surface area contributed by atoms with Gasteiger partial charge in [0.15, 0.2) is 22.9 Å². The van der Waals surface area contributed by atoms with Crippen molar-refractivity contribution in [2.45, 2.75) is 31.5 Å². The van der Waals surface area contributed by atoms with E-state index in [4.69, 9.17) is 0 Å². The smallest absolute Gasteiger partial charge is 0.333 e. The van der Waals surface area contributed by atoms with Crippen molar-refractivity contribution < 1.29 is 26.3 Å². The van der Waals surface area contributed by atoms with Crippen LogP contribution >= 0.6 is 0 Å². The molecule has 0 N–H and O–H groups in total. The predicted molar refractivity (Wildman–Crippen MR) is 78.0 cm³/mol. The fourth-order valence-electron chi connectivity index (χ4n) is 3.07. The number of benzene rings is 1. The van der Waals surface area contributed by atoms with Crippen LogP contribution in [0.4, 0.5) is 26.3 Å². The molecule has 0 saturated carbocycles. The highest BCUT2D eigenvalue weighted by Gasteiger charge is 2.32. The Morgan fingerprint density at radius 1 is 1.12 bits per heavy atom. The van der Waals surface area contributed by atoms with Gasteiger partial charge in [0.25, 0.3) is 0 Å². The molecule has 1 aliphatic carbocycles. The van der Waals surface area contributed by atoms with E-state index >= 15 is 0 Å². The first-order valence-electron chi connectivity index (χ1n) is 7.62. The summed E-state index contributed by atoms with van der Waals surface area (Å²) >= 11 is 0. The zero-order valence-corrected chi connectivity index (χ0v) is 13.2. The van der Waals surface area contributed by atoms with Crippen molar-refractivity contribution in [3.8, 4) is 0 Å². The summed E-state index contributed by atoms with van der Waals surface area (Å²) in [6.45, 7) is 0. The second-order valence-corrected chi connectivity index (χ2v) is 5.98. The van der Waals surface area contributed by atoms with Crippen molar-refractivity contribution in [3.05, 3.63) is 64.0 Å². The number of hydrogen-bond donors (Lipinski definition) is 0. The number of fused-ring (bicyclic) bond motifs is 1. The normalized spacial score (nSPS) is 18.4. The van der Waals surface area contributed by atoms with E-state index in [2.05, 4.69) is 4.99 Å². The Kier molecular flexibility index (Phi) is 4.38. The van der Waals surface area contributed by atoms with E-state index in [0.29, 0.717) is 30.9 Å². The topological polar surface area (TPSA) is 17.3 Å². The lowest BCUT2D eigenvalue weighted by Gasteiger charge is -2.23. The Morgan fingerprint density at radius 3 is 2.48 bits per heavy atom. The van der Waals surface area contributed by atoms with E-state index in [-0.39, 0.29) is 11.1 Å². The van der Waals surface area contributed by atoms with E-state index in [1.54, 1.807) is 0 Å². The number of aromatic nitrogens is 1. The molecule has 0 fully saturated rings. The molecule has 2 aromatic rings. The molecule has 1 unspecified atom stereocenters. The second-order valence-electron chi connectivity index (χ2n) is 5.98. The van der Waals surface area contributed by atoms with Gasteiger partial charge in [0.2, 0.25) is 0 Å². The molecule has 0 radical (unpaired) electrons. The van der Waals surface area contributed by atoms with Gasteiger partial charge in [0.05, 0.1) is 11.6 Å². The van der Waals surface area contributed by atoms with E-state index in [0.717, 1.165) is 16.8 Å². The van der Waals surface area contributed by atoms with Gasteiger partial charge in [-0.1, -0.05) is 6.07 Å². The lowest BCUT2D eigenvalue weighted by Crippen LogP contribution is -2.26. The number of rotatable bonds is 1. The number of hydrogen-bond acceptors (Lipinski definition) is 1. The van der Waals surface area contributed by atoms with Crippen molar-refractivity contribution in [1.29, 1.82) is 0 Å². The molecule has 1 aromatic heterocycles. The van der Waals surface area contributed by atoms with Gasteiger partial charge < -0.3 is 4.57 Å². The summed E-state index contributed by atoms with van der Waals surface area (Å²) in [6.07, 6.45) is -2.59. The van der Waals surface area contributed by atoms with Gasteiger partial charge in [-0.25, -0.2) is 13.2 Å². The maximum atomic E-state index is 14.2. The molecular weight excluding hydrogens is 346 g/mol. The maximum Gasteiger partial charge on any atom is 0.417 e. The molecule has 0 spiro atoms. The summed E-state index contributed by atoms with van der Waals surface area (Å²) in [4.78, 5) is 4.18. The largest absolute Gasteiger partial charge is 0.417 e. The number of halogens is 6. The molecule has 0 saturated heterocycles. The third-order valence-electron chi connectivity index (χ3n) is 4.26. The van der Waals surface area contributed by atoms with Gasteiger partial charge in [0, 0.05) is 13.2 Å². The van der Waals surface area contributed by atoms with Gasteiger partial charge in [-0.2, -0.15) is 13.2 Å². The molecule has 25 heavy (non-hydrogen) atoms. The third kappa shape index (κ3) is 3.29. The van der Waals surface area contributed by atoms with Crippen LogP contribution in [0.1, 0.15) is 35.6 Å². The van der Waals surface area contributed by atoms with Crippen molar-refractivity contribution in [1.82, 2.24) is 4.57 Å². The van der Waals surface area contributed by atoms with Crippen LogP contribution in [-0.2, 0) is 19.6 Å². The zero-order valence-electron chi connectivity index (χ0n) is 13.2. The molecule has 1 heterocycles. The zero-order chi connectivity index (χ0) is 18.4. The van der Waals surface area contributed by atoms with Crippen LogP contribution in [-0.4, -0.2) is 4.57 Å². The Morgan fingerprint density at radius 2 is 1.84 bits per heavy atom. The van der Waals surface area contributed by atoms with Crippen molar-refractivity contribution in [2.24, 2.45) is 12.0 Å². The highest BCUT2D eigenvalue weighted by Crippen LogP contribution is 2.34. The summed E-state index contributed by atoms with van der Waals surface area (Å²) in [5.41, 5.74) is -0.765. The van der Waals surface area contributed by atoms with Crippen molar-refractivity contribution in [2.75, 3.05) is 0 Å². The van der Waals surface area contributed by atoms with Crippen LogP contribution in [0.3, 0.4) is 0 Å². The Labute approximate surface area is 139 Å². The molecule has 134 valence electrons. The van der Waals surface area contributed by atoms with Gasteiger partial charge in [0.1, 0.15) is 0 Å². The molecular formula is C17H14F6N2. The summed E-state index contributed by atoms with van der Waals surface area (Å²) < 4.78 is 80.6. The van der Waals surface area contributed by atoms with Crippen molar-refractivity contribution in [3.63, 3.8) is 0 Å². The van der Waals surface area contributed by atoms with Crippen LogP contribution in [0.25, 0.3) is 0 Å². The summed E-state index contributed by atoms with van der Waals surface area (Å²) in [5, 5.41) is 0. The second kappa shape index (κ2) is 6.24. The van der Waals surface area contributed by atoms with Crippen LogP contribution in [0, 0.1) is 17.5 Å². The maximum absolute atomic E-state index is 14.2. The summed E-state index contributed by atoms with van der Waals surface area (Å²) in [7, 11) is 1.26. The number of alkyl halides is 3. The molecule has 1 atom stereocenters. The molecule has 0 aliphatic heterocycles. The summed E-state index contributed by atoms with van der Waals surface area (Å²) in [5.74, 6) is -3.03. The fourth-order valence-corrected chi connectivity index (χ4v) is 3.07. The Bertz CT molecular complexity index is 856. The first-order valence-corrected chi connectivity index (χ1v) is 7.62. The SMILES string of the molecule is Cn1cc(C(F)(F)F)cc(F)c1=NC1CCCc2c1ccc(F)c2F. The quantitative estimate of drug-likeness (QED) is 0.669. The minimum Gasteiger partial charge on any atom is -0.333 e. The van der Waals surface area contributed by atoms with Crippen LogP contribution < -0.4 is 5.49 Å². The lowest BCUT2D eigenvalue weighted by atomic mass is 9.87. The van der Waals surface area contributed by atoms with E-state index in [1.165, 1.54) is 13.1 Å². The van der Waals surface area contributed by atoms with Gasteiger partial charge in [-0.3, -0.25) is 4.99 Å². The van der Waals surface area contributed by atoms with Gasteiger partial charge in [-0.15, -0.1) is 0 Å². The standard InChI is InChI=1S/C17H14F6N2/c1-25-8-9(17(21,22)23)7-13(19)16(25)24-14-4-2-3-11-10(14)5-6-12(18)15(11)20/h5-8,14H,2-4H2,1H3. The number of aryl methyl sites for hydroxylation is 1. The Hall–Kier alpha value is -2.25. The number of pyridine rings is 1. The molecule has 8 heteroatoms. The average molecular weight is 360 g/mol. The Balaban J connectivity index is 2.11. The first-order chi connectivity index (χ1) is 11.7. The molecule has 1 aliphatic rings. The van der Waals surface area contributed by atoms with Gasteiger partial charge in [-0.05, 0) is 42.5 Å². The monoisotopic (exact) mass is 360 g/mol. The predicted octanol–water partition coefficient (Wildman–Crippen LogP) is 4.44. The molecule has 2 nitrogen and oxygen atoms in total. The van der Waals surface area contributed by atoms with E-state index in [1.807, 2.05) is 0 Å². The highest BCUT2D eigenvalue weighted by atomic mass is 19.4. The lowest BCUT2D eigenvalue weighted by molar-refractivity contribution is -0.138. The van der Waals surface area contributed by atoms with E-state index in [9.17, 15) is 26.3 Å². The van der Waals surface area contributed by atoms with Crippen LogP contribution in [0.5, 0.6) is 0 Å². The first kappa shape index (κ1) is 17.6. The molecule has 1 aromatic carbocycles. The van der Waals surface area contributed by atoms with Crippen molar-refractivity contribution >= 4 is 0 Å². The van der Waals surface area contributed by atoms with E-state index < -0.39 is 35.2 Å². The fraction of sp³-hybridized carbons (Fsp3) is 0.353. The number of nitrogens with zero attached hydrogens (tertiary/aromatic N) is 2. The van der Waals surface area contributed by atoms with Crippen LogP contribution in [0.15, 0.2) is 29.4 Å². The highest BCUT2D eigenvalue weighted by molar-refractivity contribution is 5.34. The molecule has 3 rings (SSSR count). The van der Waals surface area contributed by atoms with Crippen LogP contribution in [0.2, 0.25) is 0 Å². The molecule has 0 bridgehead atoms.